The number of methoxy groups -OCH3 is 1. The van der Waals surface area contributed by atoms with Crippen LogP contribution < -0.4 is 10.6 Å². The number of rotatable bonds is 3. The molecule has 0 unspecified atom stereocenters. The Hall–Kier alpha value is -1.34. The number of benzene rings is 1. The zero-order valence-electron chi connectivity index (χ0n) is 11.6. The fourth-order valence-electron chi connectivity index (χ4n) is 2.53. The van der Waals surface area contributed by atoms with Crippen LogP contribution in [-0.2, 0) is 10.9 Å². The van der Waals surface area contributed by atoms with Crippen molar-refractivity contribution in [3.05, 3.63) is 29.3 Å². The van der Waals surface area contributed by atoms with E-state index in [0.717, 1.165) is 18.9 Å². The molecule has 0 spiro atoms. The molecule has 0 radical (unpaired) electrons. The molecule has 116 valence electrons. The lowest BCUT2D eigenvalue weighted by Crippen LogP contribution is -2.36. The van der Waals surface area contributed by atoms with Gasteiger partial charge in [-0.25, -0.2) is 0 Å². The highest BCUT2D eigenvalue weighted by Gasteiger charge is 2.35. The highest BCUT2D eigenvalue weighted by molar-refractivity contribution is 7.80. The van der Waals surface area contributed by atoms with E-state index in [9.17, 15) is 13.2 Å². The minimum absolute atomic E-state index is 0.131. The third kappa shape index (κ3) is 3.65. The van der Waals surface area contributed by atoms with Crippen LogP contribution in [0, 0.1) is 0 Å². The first kappa shape index (κ1) is 16.0. The van der Waals surface area contributed by atoms with Crippen LogP contribution in [0.4, 0.5) is 18.9 Å². The molecule has 0 atom stereocenters. The third-order valence-corrected chi connectivity index (χ3v) is 3.93. The first-order chi connectivity index (χ1) is 9.82. The van der Waals surface area contributed by atoms with Gasteiger partial charge in [-0.2, -0.15) is 13.2 Å². The third-order valence-electron chi connectivity index (χ3n) is 3.71. The van der Waals surface area contributed by atoms with Crippen molar-refractivity contribution in [3.63, 3.8) is 0 Å². The maximum atomic E-state index is 13.1. The van der Waals surface area contributed by atoms with Gasteiger partial charge in [0, 0.05) is 31.5 Å². The van der Waals surface area contributed by atoms with E-state index in [-0.39, 0.29) is 16.7 Å². The van der Waals surface area contributed by atoms with Crippen molar-refractivity contribution in [2.75, 3.05) is 25.1 Å². The van der Waals surface area contributed by atoms with Gasteiger partial charge in [-0.15, -0.1) is 0 Å². The molecule has 1 aromatic rings. The van der Waals surface area contributed by atoms with Gasteiger partial charge in [-0.1, -0.05) is 12.2 Å². The monoisotopic (exact) mass is 318 g/mol. The summed E-state index contributed by atoms with van der Waals surface area (Å²) >= 11 is 4.70. The van der Waals surface area contributed by atoms with Gasteiger partial charge < -0.3 is 15.4 Å². The second-order valence-corrected chi connectivity index (χ2v) is 5.45. The summed E-state index contributed by atoms with van der Waals surface area (Å²) < 4.78 is 44.6. The number of hydrogen-bond acceptors (Lipinski definition) is 3. The maximum Gasteiger partial charge on any atom is 0.417 e. The molecule has 0 aliphatic carbocycles. The van der Waals surface area contributed by atoms with Crippen molar-refractivity contribution >= 4 is 22.9 Å². The topological polar surface area (TPSA) is 38.5 Å². The predicted octanol–water partition coefficient (Wildman–Crippen LogP) is 2.95. The van der Waals surface area contributed by atoms with Crippen molar-refractivity contribution in [2.45, 2.75) is 25.1 Å². The number of thiocarbonyl (C=S) groups is 1. The van der Waals surface area contributed by atoms with E-state index in [1.807, 2.05) is 4.90 Å². The quantitative estimate of drug-likeness (QED) is 0.870. The number of piperidine rings is 1. The lowest BCUT2D eigenvalue weighted by Gasteiger charge is -2.33. The average Bonchev–Trinajstić information content (AvgIpc) is 2.45. The minimum atomic E-state index is -4.47. The molecule has 7 heteroatoms. The van der Waals surface area contributed by atoms with Crippen LogP contribution in [0.2, 0.25) is 0 Å². The molecular weight excluding hydrogens is 301 g/mol. The SMILES string of the molecule is COC1CCN(c2ccc(C(N)=S)c(C(F)(F)F)c2)CC1. The van der Waals surface area contributed by atoms with E-state index in [1.165, 1.54) is 6.07 Å². The normalized spacial score (nSPS) is 17.0. The van der Waals surface area contributed by atoms with Gasteiger partial charge >= 0.3 is 6.18 Å². The van der Waals surface area contributed by atoms with Gasteiger partial charge in [0.15, 0.2) is 0 Å². The molecule has 1 aliphatic rings. The second-order valence-electron chi connectivity index (χ2n) is 5.01. The summed E-state index contributed by atoms with van der Waals surface area (Å²) in [7, 11) is 1.65. The molecule has 2 N–H and O–H groups in total. The highest BCUT2D eigenvalue weighted by Crippen LogP contribution is 2.35. The van der Waals surface area contributed by atoms with Crippen molar-refractivity contribution < 1.29 is 17.9 Å². The number of anilines is 1. The fraction of sp³-hybridized carbons (Fsp3) is 0.500. The number of hydrogen-bond donors (Lipinski definition) is 1. The van der Waals surface area contributed by atoms with Crippen LogP contribution >= 0.6 is 12.2 Å². The van der Waals surface area contributed by atoms with E-state index >= 15 is 0 Å². The lowest BCUT2D eigenvalue weighted by atomic mass is 10.0. The Morgan fingerprint density at radius 1 is 1.33 bits per heavy atom. The molecule has 0 amide bonds. The molecule has 1 fully saturated rings. The molecular formula is C14H17F3N2OS. The van der Waals surface area contributed by atoms with E-state index in [0.29, 0.717) is 18.8 Å². The van der Waals surface area contributed by atoms with Crippen LogP contribution in [0.15, 0.2) is 18.2 Å². The summed E-state index contributed by atoms with van der Waals surface area (Å²) in [6, 6.07) is 4.11. The van der Waals surface area contributed by atoms with Gasteiger partial charge in [-0.05, 0) is 31.0 Å². The Morgan fingerprint density at radius 2 is 1.95 bits per heavy atom. The Morgan fingerprint density at radius 3 is 2.43 bits per heavy atom. The summed E-state index contributed by atoms with van der Waals surface area (Å²) in [5.41, 5.74) is 5.01. The highest BCUT2D eigenvalue weighted by atomic mass is 32.1. The van der Waals surface area contributed by atoms with E-state index in [2.05, 4.69) is 0 Å². The molecule has 0 bridgehead atoms. The molecule has 3 nitrogen and oxygen atoms in total. The first-order valence-corrected chi connectivity index (χ1v) is 7.02. The minimum Gasteiger partial charge on any atom is -0.389 e. The van der Waals surface area contributed by atoms with Crippen molar-refractivity contribution in [1.82, 2.24) is 0 Å². The Balaban J connectivity index is 2.28. The Kier molecular flexibility index (Phi) is 4.73. The lowest BCUT2D eigenvalue weighted by molar-refractivity contribution is -0.137. The fourth-order valence-corrected chi connectivity index (χ4v) is 2.71. The molecule has 21 heavy (non-hydrogen) atoms. The second kappa shape index (κ2) is 6.19. The van der Waals surface area contributed by atoms with Crippen LogP contribution in [0.25, 0.3) is 0 Å². The average molecular weight is 318 g/mol. The number of nitrogens with zero attached hydrogens (tertiary/aromatic N) is 1. The van der Waals surface area contributed by atoms with Crippen LogP contribution in [0.3, 0.4) is 0 Å². The van der Waals surface area contributed by atoms with Gasteiger partial charge in [0.25, 0.3) is 0 Å². The van der Waals surface area contributed by atoms with Gasteiger partial charge in [0.1, 0.15) is 4.99 Å². The molecule has 1 heterocycles. The maximum absolute atomic E-state index is 13.1. The number of halogens is 3. The zero-order valence-corrected chi connectivity index (χ0v) is 12.4. The summed E-state index contributed by atoms with van der Waals surface area (Å²) in [4.78, 5) is 1.68. The van der Waals surface area contributed by atoms with Crippen molar-refractivity contribution in [3.8, 4) is 0 Å². The van der Waals surface area contributed by atoms with Gasteiger partial charge in [0.05, 0.1) is 11.7 Å². The molecule has 0 saturated carbocycles. The summed E-state index contributed by atoms with van der Waals surface area (Å²) in [6.07, 6.45) is -2.69. The van der Waals surface area contributed by atoms with E-state index < -0.39 is 11.7 Å². The molecule has 2 rings (SSSR count). The molecule has 0 aromatic heterocycles. The number of ether oxygens (including phenoxy) is 1. The summed E-state index contributed by atoms with van der Waals surface area (Å²) in [5.74, 6) is 0. The van der Waals surface area contributed by atoms with Crippen molar-refractivity contribution in [2.24, 2.45) is 5.73 Å². The van der Waals surface area contributed by atoms with Crippen LogP contribution in [0.5, 0.6) is 0 Å². The van der Waals surface area contributed by atoms with Crippen LogP contribution in [-0.4, -0.2) is 31.3 Å². The Bertz CT molecular complexity index is 525. The molecule has 1 aliphatic heterocycles. The molecule has 1 aromatic carbocycles. The van der Waals surface area contributed by atoms with E-state index in [1.54, 1.807) is 13.2 Å². The predicted molar refractivity (Wildman–Crippen MR) is 79.6 cm³/mol. The largest absolute Gasteiger partial charge is 0.417 e. The number of nitrogens with two attached hydrogens (primary N) is 1. The van der Waals surface area contributed by atoms with Crippen molar-refractivity contribution in [1.29, 1.82) is 0 Å². The number of alkyl halides is 3. The standard InChI is InChI=1S/C14H17F3N2OS/c1-20-10-4-6-19(7-5-10)9-2-3-11(13(18)21)12(8-9)14(15,16)17/h2-3,8,10H,4-7H2,1H3,(H2,18,21). The smallest absolute Gasteiger partial charge is 0.389 e. The van der Waals surface area contributed by atoms with Crippen LogP contribution in [0.1, 0.15) is 24.0 Å². The zero-order chi connectivity index (χ0) is 15.6. The summed E-state index contributed by atoms with van der Waals surface area (Å²) in [6.45, 7) is 1.34. The first-order valence-electron chi connectivity index (χ1n) is 6.61. The Labute approximate surface area is 126 Å². The van der Waals surface area contributed by atoms with Gasteiger partial charge in [-0.3, -0.25) is 0 Å². The van der Waals surface area contributed by atoms with E-state index in [4.69, 9.17) is 22.7 Å². The molecule has 1 saturated heterocycles. The summed E-state index contributed by atoms with van der Waals surface area (Å²) in [5, 5.41) is 0. The van der Waals surface area contributed by atoms with Gasteiger partial charge in [0.2, 0.25) is 0 Å².